The van der Waals surface area contributed by atoms with Crippen molar-refractivity contribution >= 4 is 5.91 Å². The van der Waals surface area contributed by atoms with Crippen molar-refractivity contribution < 1.29 is 13.6 Å². The van der Waals surface area contributed by atoms with E-state index < -0.39 is 11.7 Å². The standard InChI is InChI=1S/C16H12FN3O2/c17-13-9-5-4-8-12(13)15-19-20-16(22-15)14(21)18-10-11-6-2-1-3-7-11/h1-9H,10H2,(H,18,21). The van der Waals surface area contributed by atoms with E-state index >= 15 is 0 Å². The van der Waals surface area contributed by atoms with Crippen molar-refractivity contribution in [2.75, 3.05) is 0 Å². The number of hydrogen-bond acceptors (Lipinski definition) is 4. The maximum Gasteiger partial charge on any atom is 0.309 e. The number of carbonyl (C=O) groups is 1. The Hall–Kier alpha value is -3.02. The lowest BCUT2D eigenvalue weighted by Gasteiger charge is -2.01. The highest BCUT2D eigenvalue weighted by molar-refractivity contribution is 5.89. The number of benzene rings is 2. The molecule has 0 aliphatic carbocycles. The van der Waals surface area contributed by atoms with E-state index in [0.29, 0.717) is 6.54 Å². The van der Waals surface area contributed by atoms with Gasteiger partial charge in [0.05, 0.1) is 5.56 Å². The third kappa shape index (κ3) is 3.01. The molecule has 22 heavy (non-hydrogen) atoms. The second kappa shape index (κ2) is 6.17. The summed E-state index contributed by atoms with van der Waals surface area (Å²) in [5, 5.41) is 10.0. The van der Waals surface area contributed by atoms with E-state index in [4.69, 9.17) is 4.42 Å². The molecule has 0 aliphatic heterocycles. The molecule has 0 saturated carbocycles. The van der Waals surface area contributed by atoms with E-state index in [2.05, 4.69) is 15.5 Å². The number of nitrogens with one attached hydrogen (secondary N) is 1. The van der Waals surface area contributed by atoms with Crippen LogP contribution < -0.4 is 5.32 Å². The first-order valence-corrected chi connectivity index (χ1v) is 6.64. The second-order valence-corrected chi connectivity index (χ2v) is 4.56. The van der Waals surface area contributed by atoms with Crippen LogP contribution >= 0.6 is 0 Å². The fraction of sp³-hybridized carbons (Fsp3) is 0.0625. The highest BCUT2D eigenvalue weighted by Gasteiger charge is 2.17. The average Bonchev–Trinajstić information content (AvgIpc) is 3.04. The Morgan fingerprint density at radius 1 is 1.05 bits per heavy atom. The normalized spacial score (nSPS) is 10.4. The van der Waals surface area contributed by atoms with Crippen LogP contribution in [0, 0.1) is 5.82 Å². The topological polar surface area (TPSA) is 68.0 Å². The predicted molar refractivity (Wildman–Crippen MR) is 77.3 cm³/mol. The van der Waals surface area contributed by atoms with Gasteiger partial charge in [0, 0.05) is 6.54 Å². The first kappa shape index (κ1) is 13.9. The highest BCUT2D eigenvalue weighted by atomic mass is 19.1. The summed E-state index contributed by atoms with van der Waals surface area (Å²) in [5.74, 6) is -1.21. The number of halogens is 1. The van der Waals surface area contributed by atoms with Crippen LogP contribution in [0.5, 0.6) is 0 Å². The SMILES string of the molecule is O=C(NCc1ccccc1)c1nnc(-c2ccccc2F)o1. The van der Waals surface area contributed by atoms with Crippen LogP contribution in [0.25, 0.3) is 11.5 Å². The van der Waals surface area contributed by atoms with E-state index in [-0.39, 0.29) is 17.3 Å². The number of hydrogen-bond donors (Lipinski definition) is 1. The van der Waals surface area contributed by atoms with Crippen molar-refractivity contribution in [3.8, 4) is 11.5 Å². The van der Waals surface area contributed by atoms with Crippen molar-refractivity contribution in [2.24, 2.45) is 0 Å². The molecule has 2 aromatic carbocycles. The number of nitrogens with zero attached hydrogens (tertiary/aromatic N) is 2. The third-order valence-corrected chi connectivity index (χ3v) is 3.02. The molecule has 3 rings (SSSR count). The van der Waals surface area contributed by atoms with Crippen molar-refractivity contribution in [2.45, 2.75) is 6.54 Å². The lowest BCUT2D eigenvalue weighted by molar-refractivity contribution is 0.0917. The van der Waals surface area contributed by atoms with Crippen molar-refractivity contribution in [1.82, 2.24) is 15.5 Å². The smallest absolute Gasteiger partial charge is 0.309 e. The van der Waals surface area contributed by atoms with Crippen LogP contribution in [0.15, 0.2) is 59.0 Å². The Kier molecular flexibility index (Phi) is 3.91. The molecule has 1 amide bonds. The molecular weight excluding hydrogens is 285 g/mol. The maximum atomic E-state index is 13.6. The van der Waals surface area contributed by atoms with Gasteiger partial charge < -0.3 is 9.73 Å². The van der Waals surface area contributed by atoms with Gasteiger partial charge in [-0.25, -0.2) is 4.39 Å². The highest BCUT2D eigenvalue weighted by Crippen LogP contribution is 2.20. The average molecular weight is 297 g/mol. The van der Waals surface area contributed by atoms with Gasteiger partial charge in [0.25, 0.3) is 5.89 Å². The van der Waals surface area contributed by atoms with Gasteiger partial charge in [-0.2, -0.15) is 0 Å². The third-order valence-electron chi connectivity index (χ3n) is 3.02. The fourth-order valence-electron chi connectivity index (χ4n) is 1.91. The minimum atomic E-state index is -0.501. The summed E-state index contributed by atoms with van der Waals surface area (Å²) in [4.78, 5) is 11.9. The van der Waals surface area contributed by atoms with Gasteiger partial charge in [0.15, 0.2) is 0 Å². The van der Waals surface area contributed by atoms with Crippen LogP contribution in [-0.2, 0) is 6.54 Å². The van der Waals surface area contributed by atoms with Crippen LogP contribution in [0.1, 0.15) is 16.2 Å². The van der Waals surface area contributed by atoms with Crippen molar-refractivity contribution in [3.05, 3.63) is 71.9 Å². The predicted octanol–water partition coefficient (Wildman–Crippen LogP) is 2.81. The summed E-state index contributed by atoms with van der Waals surface area (Å²) in [6.45, 7) is 0.344. The molecule has 0 fully saturated rings. The molecule has 3 aromatic rings. The van der Waals surface area contributed by atoms with Gasteiger partial charge in [-0.05, 0) is 17.7 Å². The summed E-state index contributed by atoms with van der Waals surface area (Å²) in [6, 6.07) is 15.4. The molecule has 110 valence electrons. The summed E-state index contributed by atoms with van der Waals surface area (Å²) < 4.78 is 18.9. The van der Waals surface area contributed by atoms with Gasteiger partial charge in [-0.1, -0.05) is 42.5 Å². The number of carbonyl (C=O) groups excluding carboxylic acids is 1. The van der Waals surface area contributed by atoms with E-state index in [1.54, 1.807) is 12.1 Å². The molecule has 1 heterocycles. The van der Waals surface area contributed by atoms with E-state index in [1.807, 2.05) is 30.3 Å². The Labute approximate surface area is 125 Å². The lowest BCUT2D eigenvalue weighted by Crippen LogP contribution is -2.23. The fourth-order valence-corrected chi connectivity index (χ4v) is 1.91. The molecule has 0 radical (unpaired) electrons. The molecule has 0 spiro atoms. The van der Waals surface area contributed by atoms with Gasteiger partial charge in [0.2, 0.25) is 0 Å². The van der Waals surface area contributed by atoms with Crippen LogP contribution in [0.2, 0.25) is 0 Å². The molecule has 0 unspecified atom stereocenters. The monoisotopic (exact) mass is 297 g/mol. The van der Waals surface area contributed by atoms with Crippen molar-refractivity contribution in [1.29, 1.82) is 0 Å². The lowest BCUT2D eigenvalue weighted by atomic mass is 10.2. The molecule has 0 atom stereocenters. The first-order valence-electron chi connectivity index (χ1n) is 6.64. The first-order chi connectivity index (χ1) is 10.7. The van der Waals surface area contributed by atoms with Gasteiger partial charge in [-0.15, -0.1) is 10.2 Å². The zero-order chi connectivity index (χ0) is 15.4. The van der Waals surface area contributed by atoms with Crippen LogP contribution in [0.3, 0.4) is 0 Å². The van der Waals surface area contributed by atoms with Gasteiger partial charge in [0.1, 0.15) is 5.82 Å². The largest absolute Gasteiger partial charge is 0.412 e. The molecule has 5 nitrogen and oxygen atoms in total. The molecule has 0 bridgehead atoms. The minimum absolute atomic E-state index is 0.0250. The molecule has 1 aromatic heterocycles. The summed E-state index contributed by atoms with van der Waals surface area (Å²) >= 11 is 0. The summed E-state index contributed by atoms with van der Waals surface area (Å²) in [6.07, 6.45) is 0. The van der Waals surface area contributed by atoms with Gasteiger partial charge >= 0.3 is 11.8 Å². The zero-order valence-corrected chi connectivity index (χ0v) is 11.5. The Balaban J connectivity index is 1.71. The summed E-state index contributed by atoms with van der Waals surface area (Å²) in [5.41, 5.74) is 1.11. The van der Waals surface area contributed by atoms with Crippen LogP contribution in [0.4, 0.5) is 4.39 Å². The molecule has 1 N–H and O–H groups in total. The number of amides is 1. The van der Waals surface area contributed by atoms with E-state index in [0.717, 1.165) is 5.56 Å². The number of rotatable bonds is 4. The quantitative estimate of drug-likeness (QED) is 0.804. The molecule has 0 saturated heterocycles. The summed E-state index contributed by atoms with van der Waals surface area (Å²) in [7, 11) is 0. The van der Waals surface area contributed by atoms with Gasteiger partial charge in [-0.3, -0.25) is 4.79 Å². The Bertz CT molecular complexity index is 787. The van der Waals surface area contributed by atoms with E-state index in [1.165, 1.54) is 12.1 Å². The van der Waals surface area contributed by atoms with Crippen molar-refractivity contribution in [3.63, 3.8) is 0 Å². The zero-order valence-electron chi connectivity index (χ0n) is 11.5. The molecule has 6 heteroatoms. The Morgan fingerprint density at radius 2 is 1.77 bits per heavy atom. The molecule has 0 aliphatic rings. The van der Waals surface area contributed by atoms with E-state index in [9.17, 15) is 9.18 Å². The number of aromatic nitrogens is 2. The Morgan fingerprint density at radius 3 is 2.55 bits per heavy atom. The van der Waals surface area contributed by atoms with Crippen LogP contribution in [-0.4, -0.2) is 16.1 Å². The molecular formula is C16H12FN3O2. The minimum Gasteiger partial charge on any atom is -0.412 e. The maximum absolute atomic E-state index is 13.6. The second-order valence-electron chi connectivity index (χ2n) is 4.56.